The topological polar surface area (TPSA) is 47.6 Å². The van der Waals surface area contributed by atoms with Crippen molar-refractivity contribution in [3.8, 4) is 5.75 Å². The number of nitrogens with one attached hydrogen (secondary N) is 1. The molecule has 0 radical (unpaired) electrons. The zero-order valence-electron chi connectivity index (χ0n) is 13.7. The fourth-order valence-electron chi connectivity index (χ4n) is 2.01. The standard InChI is InChI=1S/C17H27NO3/c1-6-20-17(19)16(18-12(2)3)9-10-21-15-8-7-13(4)14(5)11-15/h7-8,11-12,16,18H,6,9-10H2,1-5H3. The predicted molar refractivity (Wildman–Crippen MR) is 84.7 cm³/mol. The monoisotopic (exact) mass is 293 g/mol. The number of hydrogen-bond acceptors (Lipinski definition) is 4. The highest BCUT2D eigenvalue weighted by Crippen LogP contribution is 2.16. The van der Waals surface area contributed by atoms with E-state index in [1.54, 1.807) is 0 Å². The van der Waals surface area contributed by atoms with Crippen LogP contribution in [-0.2, 0) is 9.53 Å². The Balaban J connectivity index is 2.52. The van der Waals surface area contributed by atoms with Crippen LogP contribution in [-0.4, -0.2) is 31.3 Å². The minimum Gasteiger partial charge on any atom is -0.494 e. The van der Waals surface area contributed by atoms with Gasteiger partial charge in [0.05, 0.1) is 13.2 Å². The van der Waals surface area contributed by atoms with Gasteiger partial charge in [-0.05, 0) is 44.0 Å². The molecular formula is C17H27NO3. The Morgan fingerprint density at radius 3 is 2.52 bits per heavy atom. The summed E-state index contributed by atoms with van der Waals surface area (Å²) in [7, 11) is 0. The highest BCUT2D eigenvalue weighted by Gasteiger charge is 2.20. The van der Waals surface area contributed by atoms with Gasteiger partial charge in [-0.1, -0.05) is 19.9 Å². The number of carbonyl (C=O) groups is 1. The molecule has 1 aromatic carbocycles. The Bertz CT molecular complexity index is 457. The van der Waals surface area contributed by atoms with Crippen molar-refractivity contribution >= 4 is 5.97 Å². The summed E-state index contributed by atoms with van der Waals surface area (Å²) in [6.45, 7) is 10.8. The molecule has 0 aliphatic rings. The molecule has 1 unspecified atom stereocenters. The lowest BCUT2D eigenvalue weighted by atomic mass is 10.1. The molecule has 1 rings (SSSR count). The van der Waals surface area contributed by atoms with Gasteiger partial charge in [0.2, 0.25) is 0 Å². The number of hydrogen-bond donors (Lipinski definition) is 1. The van der Waals surface area contributed by atoms with Crippen LogP contribution in [0.5, 0.6) is 5.75 Å². The summed E-state index contributed by atoms with van der Waals surface area (Å²) in [5, 5.41) is 3.22. The molecule has 0 saturated heterocycles. The summed E-state index contributed by atoms with van der Waals surface area (Å²) in [6, 6.07) is 5.92. The van der Waals surface area contributed by atoms with Gasteiger partial charge < -0.3 is 14.8 Å². The summed E-state index contributed by atoms with van der Waals surface area (Å²) in [4.78, 5) is 11.9. The molecule has 0 amide bonds. The largest absolute Gasteiger partial charge is 0.494 e. The molecule has 0 heterocycles. The minimum absolute atomic E-state index is 0.213. The number of aryl methyl sites for hydroxylation is 2. The van der Waals surface area contributed by atoms with Crippen LogP contribution >= 0.6 is 0 Å². The molecule has 4 heteroatoms. The Labute approximate surface area is 127 Å². The summed E-state index contributed by atoms with van der Waals surface area (Å²) < 4.78 is 10.8. The van der Waals surface area contributed by atoms with E-state index in [9.17, 15) is 4.79 Å². The Morgan fingerprint density at radius 2 is 1.95 bits per heavy atom. The summed E-state index contributed by atoms with van der Waals surface area (Å²) >= 11 is 0. The van der Waals surface area contributed by atoms with Crippen molar-refractivity contribution in [3.63, 3.8) is 0 Å². The van der Waals surface area contributed by atoms with Crippen molar-refractivity contribution in [2.24, 2.45) is 0 Å². The van der Waals surface area contributed by atoms with Crippen LogP contribution in [0.15, 0.2) is 18.2 Å². The van der Waals surface area contributed by atoms with Gasteiger partial charge >= 0.3 is 5.97 Å². The minimum atomic E-state index is -0.323. The van der Waals surface area contributed by atoms with Crippen LogP contribution in [0.2, 0.25) is 0 Å². The van der Waals surface area contributed by atoms with E-state index < -0.39 is 0 Å². The highest BCUT2D eigenvalue weighted by atomic mass is 16.5. The van der Waals surface area contributed by atoms with Crippen molar-refractivity contribution in [2.45, 2.75) is 53.1 Å². The van der Waals surface area contributed by atoms with Crippen molar-refractivity contribution in [3.05, 3.63) is 29.3 Å². The molecule has 0 spiro atoms. The SMILES string of the molecule is CCOC(=O)C(CCOc1ccc(C)c(C)c1)NC(C)C. The molecule has 21 heavy (non-hydrogen) atoms. The van der Waals surface area contributed by atoms with Gasteiger partial charge in [0, 0.05) is 12.5 Å². The first-order valence-corrected chi connectivity index (χ1v) is 7.56. The molecule has 118 valence electrons. The maximum atomic E-state index is 11.9. The zero-order chi connectivity index (χ0) is 15.8. The van der Waals surface area contributed by atoms with Crippen LogP contribution in [0.1, 0.15) is 38.3 Å². The Kier molecular flexibility index (Phi) is 7.23. The van der Waals surface area contributed by atoms with Crippen LogP contribution in [0.3, 0.4) is 0 Å². The third-order valence-electron chi connectivity index (χ3n) is 3.26. The molecule has 1 N–H and O–H groups in total. The first-order chi connectivity index (χ1) is 9.93. The van der Waals surface area contributed by atoms with E-state index in [-0.39, 0.29) is 18.1 Å². The third kappa shape index (κ3) is 6.17. The van der Waals surface area contributed by atoms with E-state index in [4.69, 9.17) is 9.47 Å². The molecule has 0 aliphatic carbocycles. The van der Waals surface area contributed by atoms with Gasteiger partial charge in [0.15, 0.2) is 0 Å². The van der Waals surface area contributed by atoms with Gasteiger partial charge in [0.1, 0.15) is 11.8 Å². The lowest BCUT2D eigenvalue weighted by Gasteiger charge is -2.20. The summed E-state index contributed by atoms with van der Waals surface area (Å²) in [6.07, 6.45) is 0.587. The lowest BCUT2D eigenvalue weighted by molar-refractivity contribution is -0.146. The predicted octanol–water partition coefficient (Wildman–Crippen LogP) is 3.00. The van der Waals surface area contributed by atoms with Gasteiger partial charge in [-0.15, -0.1) is 0 Å². The quantitative estimate of drug-likeness (QED) is 0.749. The summed E-state index contributed by atoms with van der Waals surface area (Å²) in [5.41, 5.74) is 2.45. The van der Waals surface area contributed by atoms with Crippen molar-refractivity contribution < 1.29 is 14.3 Å². The van der Waals surface area contributed by atoms with E-state index in [1.165, 1.54) is 11.1 Å². The van der Waals surface area contributed by atoms with Crippen molar-refractivity contribution in [2.75, 3.05) is 13.2 Å². The maximum absolute atomic E-state index is 11.9. The van der Waals surface area contributed by atoms with Crippen LogP contribution in [0.25, 0.3) is 0 Å². The van der Waals surface area contributed by atoms with Gasteiger partial charge in [-0.2, -0.15) is 0 Å². The lowest BCUT2D eigenvalue weighted by Crippen LogP contribution is -2.42. The number of rotatable bonds is 8. The molecule has 0 bridgehead atoms. The normalized spacial score (nSPS) is 12.3. The van der Waals surface area contributed by atoms with Crippen LogP contribution in [0, 0.1) is 13.8 Å². The molecule has 0 aromatic heterocycles. The zero-order valence-corrected chi connectivity index (χ0v) is 13.7. The van der Waals surface area contributed by atoms with E-state index in [0.29, 0.717) is 19.6 Å². The maximum Gasteiger partial charge on any atom is 0.323 e. The van der Waals surface area contributed by atoms with Crippen molar-refractivity contribution in [1.82, 2.24) is 5.32 Å². The first-order valence-electron chi connectivity index (χ1n) is 7.56. The molecule has 1 aromatic rings. The number of ether oxygens (including phenoxy) is 2. The Hall–Kier alpha value is -1.55. The van der Waals surface area contributed by atoms with E-state index >= 15 is 0 Å². The molecular weight excluding hydrogens is 266 g/mol. The van der Waals surface area contributed by atoms with E-state index in [0.717, 1.165) is 5.75 Å². The average Bonchev–Trinajstić information content (AvgIpc) is 2.41. The molecule has 0 saturated carbocycles. The second-order valence-electron chi connectivity index (χ2n) is 5.51. The molecule has 4 nitrogen and oxygen atoms in total. The summed E-state index contributed by atoms with van der Waals surface area (Å²) in [5.74, 6) is 0.625. The molecule has 1 atom stereocenters. The van der Waals surface area contributed by atoms with Crippen molar-refractivity contribution in [1.29, 1.82) is 0 Å². The van der Waals surface area contributed by atoms with E-state index in [1.807, 2.05) is 39.0 Å². The fourth-order valence-corrected chi connectivity index (χ4v) is 2.01. The van der Waals surface area contributed by atoms with Gasteiger partial charge in [-0.25, -0.2) is 0 Å². The number of esters is 1. The smallest absolute Gasteiger partial charge is 0.323 e. The second kappa shape index (κ2) is 8.67. The average molecular weight is 293 g/mol. The van der Waals surface area contributed by atoms with E-state index in [2.05, 4.69) is 19.2 Å². The fraction of sp³-hybridized carbons (Fsp3) is 0.588. The Morgan fingerprint density at radius 1 is 1.24 bits per heavy atom. The highest BCUT2D eigenvalue weighted by molar-refractivity contribution is 5.75. The number of benzene rings is 1. The van der Waals surface area contributed by atoms with Gasteiger partial charge in [-0.3, -0.25) is 4.79 Å². The van der Waals surface area contributed by atoms with Crippen LogP contribution in [0.4, 0.5) is 0 Å². The molecule has 0 aliphatic heterocycles. The van der Waals surface area contributed by atoms with Crippen LogP contribution < -0.4 is 10.1 Å². The molecule has 0 fully saturated rings. The number of carbonyl (C=O) groups excluding carboxylic acids is 1. The first kappa shape index (κ1) is 17.5. The second-order valence-corrected chi connectivity index (χ2v) is 5.51. The van der Waals surface area contributed by atoms with Gasteiger partial charge in [0.25, 0.3) is 0 Å². The third-order valence-corrected chi connectivity index (χ3v) is 3.26.